The van der Waals surface area contributed by atoms with Gasteiger partial charge in [-0.15, -0.1) is 0 Å². The van der Waals surface area contributed by atoms with E-state index in [9.17, 15) is 0 Å². The second-order valence-electron chi connectivity index (χ2n) is 6.38. The Kier molecular flexibility index (Phi) is 6.93. The molecule has 0 atom stereocenters. The fourth-order valence-corrected chi connectivity index (χ4v) is 2.69. The monoisotopic (exact) mass is 292 g/mol. The summed E-state index contributed by atoms with van der Waals surface area (Å²) < 4.78 is 0. The predicted octanol–water partition coefficient (Wildman–Crippen LogP) is 4.12. The lowest BCUT2D eigenvalue weighted by Crippen LogP contribution is -2.25. The Balaban J connectivity index is 2.93. The van der Waals surface area contributed by atoms with E-state index in [-0.39, 0.29) is 0 Å². The van der Waals surface area contributed by atoms with E-state index in [0.717, 1.165) is 42.5 Å². The predicted molar refractivity (Wildman–Crippen MR) is 92.0 cm³/mol. The SMILES string of the molecule is CCNc1nc(CC)nc(NCC(C(C)C)C(C)C)c1C. The van der Waals surface area contributed by atoms with Gasteiger partial charge in [0.2, 0.25) is 0 Å². The molecular weight excluding hydrogens is 260 g/mol. The lowest BCUT2D eigenvalue weighted by atomic mass is 9.85. The van der Waals surface area contributed by atoms with Crippen molar-refractivity contribution in [3.63, 3.8) is 0 Å². The van der Waals surface area contributed by atoms with Gasteiger partial charge in [0.05, 0.1) is 0 Å². The van der Waals surface area contributed by atoms with Crippen molar-refractivity contribution in [2.45, 2.75) is 54.9 Å². The van der Waals surface area contributed by atoms with Crippen LogP contribution in [0.3, 0.4) is 0 Å². The van der Waals surface area contributed by atoms with E-state index in [1.54, 1.807) is 0 Å². The fraction of sp³-hybridized carbons (Fsp3) is 0.765. The van der Waals surface area contributed by atoms with Gasteiger partial charge in [-0.1, -0.05) is 34.6 Å². The molecule has 0 saturated carbocycles. The summed E-state index contributed by atoms with van der Waals surface area (Å²) in [7, 11) is 0. The number of aromatic nitrogens is 2. The summed E-state index contributed by atoms with van der Waals surface area (Å²) in [5.41, 5.74) is 1.11. The minimum atomic E-state index is 0.645. The van der Waals surface area contributed by atoms with E-state index in [4.69, 9.17) is 0 Å². The molecule has 0 aliphatic heterocycles. The van der Waals surface area contributed by atoms with E-state index < -0.39 is 0 Å². The van der Waals surface area contributed by atoms with E-state index in [1.807, 2.05) is 0 Å². The maximum absolute atomic E-state index is 4.66. The quantitative estimate of drug-likeness (QED) is 0.756. The molecule has 1 rings (SSSR count). The summed E-state index contributed by atoms with van der Waals surface area (Å²) in [5.74, 6) is 4.80. The second kappa shape index (κ2) is 8.20. The van der Waals surface area contributed by atoms with Crippen molar-refractivity contribution >= 4 is 11.6 Å². The van der Waals surface area contributed by atoms with Gasteiger partial charge in [0.25, 0.3) is 0 Å². The molecule has 21 heavy (non-hydrogen) atoms. The number of hydrogen-bond acceptors (Lipinski definition) is 4. The molecule has 0 spiro atoms. The molecule has 0 unspecified atom stereocenters. The maximum atomic E-state index is 4.66. The van der Waals surface area contributed by atoms with E-state index in [2.05, 4.69) is 69.1 Å². The topological polar surface area (TPSA) is 49.8 Å². The zero-order valence-electron chi connectivity index (χ0n) is 14.7. The van der Waals surface area contributed by atoms with Crippen molar-refractivity contribution in [3.8, 4) is 0 Å². The number of hydrogen-bond donors (Lipinski definition) is 2. The third-order valence-corrected chi connectivity index (χ3v) is 4.07. The van der Waals surface area contributed by atoms with Gasteiger partial charge in [-0.2, -0.15) is 0 Å². The molecule has 4 nitrogen and oxygen atoms in total. The molecule has 120 valence electrons. The zero-order chi connectivity index (χ0) is 16.0. The number of anilines is 2. The fourth-order valence-electron chi connectivity index (χ4n) is 2.69. The van der Waals surface area contributed by atoms with Crippen LogP contribution in [0.2, 0.25) is 0 Å². The highest BCUT2D eigenvalue weighted by atomic mass is 15.1. The first kappa shape index (κ1) is 17.7. The molecule has 1 aromatic rings. The number of nitrogens with one attached hydrogen (secondary N) is 2. The Morgan fingerprint density at radius 2 is 1.43 bits per heavy atom. The van der Waals surface area contributed by atoms with Gasteiger partial charge in [-0.25, -0.2) is 9.97 Å². The molecular formula is C17H32N4. The van der Waals surface area contributed by atoms with Crippen LogP contribution in [0.15, 0.2) is 0 Å². The van der Waals surface area contributed by atoms with Crippen LogP contribution in [0, 0.1) is 24.7 Å². The summed E-state index contributed by atoms with van der Waals surface area (Å²) in [6.45, 7) is 17.3. The molecule has 0 radical (unpaired) electrons. The van der Waals surface area contributed by atoms with Crippen LogP contribution in [-0.4, -0.2) is 23.1 Å². The molecule has 1 aromatic heterocycles. The van der Waals surface area contributed by atoms with Gasteiger partial charge in [0.15, 0.2) is 0 Å². The van der Waals surface area contributed by atoms with E-state index in [0.29, 0.717) is 17.8 Å². The summed E-state index contributed by atoms with van der Waals surface area (Å²) in [4.78, 5) is 9.24. The van der Waals surface area contributed by atoms with Crippen LogP contribution in [0.1, 0.15) is 52.9 Å². The smallest absolute Gasteiger partial charge is 0.134 e. The third kappa shape index (κ3) is 4.87. The summed E-state index contributed by atoms with van der Waals surface area (Å²) >= 11 is 0. The highest BCUT2D eigenvalue weighted by Crippen LogP contribution is 2.24. The van der Waals surface area contributed by atoms with Crippen LogP contribution in [0.25, 0.3) is 0 Å². The third-order valence-electron chi connectivity index (χ3n) is 4.07. The van der Waals surface area contributed by atoms with Crippen LogP contribution in [0.4, 0.5) is 11.6 Å². The number of rotatable bonds is 8. The lowest BCUT2D eigenvalue weighted by molar-refractivity contribution is 0.304. The summed E-state index contributed by atoms with van der Waals surface area (Å²) in [6.07, 6.45) is 0.852. The van der Waals surface area contributed by atoms with Crippen molar-refractivity contribution in [2.24, 2.45) is 17.8 Å². The Morgan fingerprint density at radius 1 is 0.905 bits per heavy atom. The molecule has 0 saturated heterocycles. The van der Waals surface area contributed by atoms with Crippen LogP contribution in [-0.2, 0) is 6.42 Å². The van der Waals surface area contributed by atoms with E-state index >= 15 is 0 Å². The van der Waals surface area contributed by atoms with Crippen LogP contribution < -0.4 is 10.6 Å². The van der Waals surface area contributed by atoms with Crippen molar-refractivity contribution in [1.29, 1.82) is 0 Å². The van der Waals surface area contributed by atoms with Crippen molar-refractivity contribution in [2.75, 3.05) is 23.7 Å². The molecule has 0 aliphatic rings. The van der Waals surface area contributed by atoms with Crippen LogP contribution in [0.5, 0.6) is 0 Å². The molecule has 1 heterocycles. The molecule has 0 bridgehead atoms. The Morgan fingerprint density at radius 3 is 1.86 bits per heavy atom. The summed E-state index contributed by atoms with van der Waals surface area (Å²) in [5, 5.41) is 6.89. The molecule has 0 fully saturated rings. The van der Waals surface area contributed by atoms with Crippen molar-refractivity contribution in [3.05, 3.63) is 11.4 Å². The Hall–Kier alpha value is -1.32. The Labute approximate surface area is 130 Å². The first-order valence-corrected chi connectivity index (χ1v) is 8.25. The van der Waals surface area contributed by atoms with Gasteiger partial charge in [0.1, 0.15) is 17.5 Å². The van der Waals surface area contributed by atoms with Gasteiger partial charge >= 0.3 is 0 Å². The molecule has 2 N–H and O–H groups in total. The lowest BCUT2D eigenvalue weighted by Gasteiger charge is -2.26. The van der Waals surface area contributed by atoms with Crippen molar-refractivity contribution in [1.82, 2.24) is 9.97 Å². The highest BCUT2D eigenvalue weighted by Gasteiger charge is 2.18. The van der Waals surface area contributed by atoms with Crippen LogP contribution >= 0.6 is 0 Å². The average molecular weight is 292 g/mol. The standard InChI is InChI=1S/C17H32N4/c1-8-15-20-16(18-9-2)13(7)17(21-15)19-10-14(11(3)4)12(5)6/h11-12,14H,8-10H2,1-7H3,(H2,18,19,20,21). The molecule has 4 heteroatoms. The average Bonchev–Trinajstić information content (AvgIpc) is 2.42. The minimum Gasteiger partial charge on any atom is -0.370 e. The largest absolute Gasteiger partial charge is 0.370 e. The van der Waals surface area contributed by atoms with E-state index in [1.165, 1.54) is 0 Å². The van der Waals surface area contributed by atoms with Gasteiger partial charge in [0, 0.05) is 25.1 Å². The number of nitrogens with zero attached hydrogens (tertiary/aromatic N) is 2. The zero-order valence-corrected chi connectivity index (χ0v) is 14.7. The molecule has 0 aliphatic carbocycles. The van der Waals surface area contributed by atoms with Gasteiger partial charge < -0.3 is 10.6 Å². The first-order chi connectivity index (χ1) is 9.90. The molecule has 0 amide bonds. The molecule has 0 aromatic carbocycles. The number of aryl methyl sites for hydroxylation is 1. The van der Waals surface area contributed by atoms with Gasteiger partial charge in [-0.05, 0) is 31.6 Å². The second-order valence-corrected chi connectivity index (χ2v) is 6.38. The normalized spacial score (nSPS) is 11.5. The minimum absolute atomic E-state index is 0.645. The Bertz CT molecular complexity index is 433. The maximum Gasteiger partial charge on any atom is 0.134 e. The summed E-state index contributed by atoms with van der Waals surface area (Å²) in [6, 6.07) is 0. The van der Waals surface area contributed by atoms with Crippen molar-refractivity contribution < 1.29 is 0 Å². The highest BCUT2D eigenvalue weighted by molar-refractivity contribution is 5.57. The first-order valence-electron chi connectivity index (χ1n) is 8.25. The van der Waals surface area contributed by atoms with Gasteiger partial charge in [-0.3, -0.25) is 0 Å².